The average Bonchev–Trinajstić information content (AvgIpc) is 2.83. The van der Waals surface area contributed by atoms with E-state index in [1.807, 2.05) is 0 Å². The summed E-state index contributed by atoms with van der Waals surface area (Å²) in [4.78, 5) is 44.6. The number of aromatic carboxylic acids is 3. The van der Waals surface area contributed by atoms with E-state index in [1.54, 1.807) is 0 Å². The first-order chi connectivity index (χ1) is 10.4. The Labute approximate surface area is 120 Å². The summed E-state index contributed by atoms with van der Waals surface area (Å²) >= 11 is 0. The van der Waals surface area contributed by atoms with Gasteiger partial charge in [-0.15, -0.1) is 0 Å². The van der Waals surface area contributed by atoms with Crippen LogP contribution in [-0.2, 0) is 0 Å². The summed E-state index contributed by atoms with van der Waals surface area (Å²) in [6.45, 7) is 0. The number of carboxylic acids is 3. The monoisotopic (exact) mass is 302 g/mol. The third-order valence-corrected chi connectivity index (χ3v) is 2.90. The maximum absolute atomic E-state index is 11.3. The Morgan fingerprint density at radius 2 is 1.64 bits per heavy atom. The molecule has 0 saturated carbocycles. The molecule has 10 nitrogen and oxygen atoms in total. The van der Waals surface area contributed by atoms with Crippen molar-refractivity contribution in [1.82, 2.24) is 19.4 Å². The standard InChI is InChI=1S/C12H6N4O6/c17-9(18)4-2-1-3-5-6(4)16-8(11(21)22)14-7(10(19)20)15-12(16)13-5/h1-3H,(H,17,18)(H,19,20)(H,21,22). The van der Waals surface area contributed by atoms with Gasteiger partial charge in [-0.05, 0) is 12.1 Å². The summed E-state index contributed by atoms with van der Waals surface area (Å²) in [6.07, 6.45) is 0. The molecule has 3 aromatic rings. The molecule has 22 heavy (non-hydrogen) atoms. The number of nitrogens with zero attached hydrogens (tertiary/aromatic N) is 4. The van der Waals surface area contributed by atoms with Crippen molar-refractivity contribution < 1.29 is 29.7 Å². The molecule has 0 atom stereocenters. The first kappa shape index (κ1) is 13.4. The lowest BCUT2D eigenvalue weighted by atomic mass is 10.2. The largest absolute Gasteiger partial charge is 0.478 e. The topological polar surface area (TPSA) is 155 Å². The van der Waals surface area contributed by atoms with E-state index in [9.17, 15) is 24.6 Å². The van der Waals surface area contributed by atoms with E-state index >= 15 is 0 Å². The molecule has 2 heterocycles. The van der Waals surface area contributed by atoms with Gasteiger partial charge in [0.15, 0.2) is 0 Å². The van der Waals surface area contributed by atoms with Gasteiger partial charge in [-0.25, -0.2) is 19.4 Å². The highest BCUT2D eigenvalue weighted by Gasteiger charge is 2.23. The molecule has 0 aliphatic heterocycles. The molecule has 3 N–H and O–H groups in total. The highest BCUT2D eigenvalue weighted by atomic mass is 16.4. The van der Waals surface area contributed by atoms with Gasteiger partial charge in [-0.3, -0.25) is 4.40 Å². The zero-order chi connectivity index (χ0) is 16.0. The number of aromatic nitrogens is 4. The Hall–Kier alpha value is -3.56. The molecule has 0 radical (unpaired) electrons. The Morgan fingerprint density at radius 3 is 2.23 bits per heavy atom. The number of benzene rings is 1. The number of hydrogen-bond donors (Lipinski definition) is 3. The van der Waals surface area contributed by atoms with Crippen molar-refractivity contribution in [2.75, 3.05) is 0 Å². The number of imidazole rings is 1. The van der Waals surface area contributed by atoms with Crippen LogP contribution in [-0.4, -0.2) is 52.6 Å². The van der Waals surface area contributed by atoms with E-state index in [-0.39, 0.29) is 22.4 Å². The van der Waals surface area contributed by atoms with Gasteiger partial charge < -0.3 is 15.3 Å². The Balaban J connectivity index is 2.57. The summed E-state index contributed by atoms with van der Waals surface area (Å²) < 4.78 is 0.910. The molecule has 0 aliphatic carbocycles. The van der Waals surface area contributed by atoms with Crippen LogP contribution in [0.5, 0.6) is 0 Å². The highest BCUT2D eigenvalue weighted by molar-refractivity contribution is 6.03. The molecule has 0 unspecified atom stereocenters. The molecule has 2 aromatic heterocycles. The lowest BCUT2D eigenvalue weighted by molar-refractivity contribution is 0.0664. The normalized spacial score (nSPS) is 10.9. The van der Waals surface area contributed by atoms with E-state index in [2.05, 4.69) is 15.0 Å². The maximum Gasteiger partial charge on any atom is 0.374 e. The SMILES string of the molecule is O=C(O)c1nc(C(=O)O)n2c(n1)nc1cccc(C(=O)O)c12. The van der Waals surface area contributed by atoms with Crippen molar-refractivity contribution in [2.24, 2.45) is 0 Å². The van der Waals surface area contributed by atoms with Crippen LogP contribution in [0.1, 0.15) is 31.6 Å². The summed E-state index contributed by atoms with van der Waals surface area (Å²) in [7, 11) is 0. The van der Waals surface area contributed by atoms with Crippen molar-refractivity contribution in [3.8, 4) is 0 Å². The van der Waals surface area contributed by atoms with Crippen molar-refractivity contribution in [2.45, 2.75) is 0 Å². The molecular weight excluding hydrogens is 296 g/mol. The fraction of sp³-hybridized carbons (Fsp3) is 0. The van der Waals surface area contributed by atoms with E-state index in [0.717, 1.165) is 4.40 Å². The van der Waals surface area contributed by atoms with E-state index in [1.165, 1.54) is 18.2 Å². The van der Waals surface area contributed by atoms with Crippen molar-refractivity contribution in [3.05, 3.63) is 35.4 Å². The van der Waals surface area contributed by atoms with Gasteiger partial charge in [0.2, 0.25) is 17.4 Å². The minimum Gasteiger partial charge on any atom is -0.478 e. The van der Waals surface area contributed by atoms with Crippen LogP contribution in [0.4, 0.5) is 0 Å². The van der Waals surface area contributed by atoms with Gasteiger partial charge in [0.25, 0.3) is 0 Å². The van der Waals surface area contributed by atoms with Crippen molar-refractivity contribution >= 4 is 34.7 Å². The summed E-state index contributed by atoms with van der Waals surface area (Å²) in [6, 6.07) is 4.17. The van der Waals surface area contributed by atoms with E-state index < -0.39 is 29.6 Å². The predicted molar refractivity (Wildman–Crippen MR) is 69.2 cm³/mol. The molecule has 10 heteroatoms. The fourth-order valence-electron chi connectivity index (χ4n) is 2.07. The number of carboxylic acid groups (broad SMARTS) is 3. The van der Waals surface area contributed by atoms with Crippen LogP contribution in [0, 0.1) is 0 Å². The molecule has 0 fully saturated rings. The van der Waals surface area contributed by atoms with Crippen molar-refractivity contribution in [3.63, 3.8) is 0 Å². The second kappa shape index (κ2) is 4.48. The predicted octanol–water partition coefficient (Wildman–Crippen LogP) is 0.372. The minimum absolute atomic E-state index is 0.0145. The maximum atomic E-state index is 11.3. The zero-order valence-electron chi connectivity index (χ0n) is 10.6. The number of fused-ring (bicyclic) bond motifs is 3. The summed E-state index contributed by atoms with van der Waals surface area (Å²) in [5.74, 6) is -6.01. The van der Waals surface area contributed by atoms with Crippen LogP contribution < -0.4 is 0 Å². The third kappa shape index (κ3) is 1.82. The van der Waals surface area contributed by atoms with Gasteiger partial charge in [0.05, 0.1) is 16.6 Å². The first-order valence-electron chi connectivity index (χ1n) is 5.79. The van der Waals surface area contributed by atoms with Gasteiger partial charge in [0, 0.05) is 0 Å². The van der Waals surface area contributed by atoms with Crippen LogP contribution in [0.3, 0.4) is 0 Å². The zero-order valence-corrected chi connectivity index (χ0v) is 10.6. The molecule has 0 bridgehead atoms. The van der Waals surface area contributed by atoms with Crippen LogP contribution in [0.2, 0.25) is 0 Å². The smallest absolute Gasteiger partial charge is 0.374 e. The molecule has 110 valence electrons. The van der Waals surface area contributed by atoms with Gasteiger partial charge in [-0.2, -0.15) is 9.97 Å². The summed E-state index contributed by atoms with van der Waals surface area (Å²) in [5.41, 5.74) is -0.0437. The van der Waals surface area contributed by atoms with E-state index in [0.29, 0.717) is 0 Å². The lowest BCUT2D eigenvalue weighted by Gasteiger charge is -2.03. The number of rotatable bonds is 3. The Kier molecular flexibility index (Phi) is 2.73. The minimum atomic E-state index is -1.53. The summed E-state index contributed by atoms with van der Waals surface area (Å²) in [5, 5.41) is 27.3. The molecule has 1 aromatic carbocycles. The Bertz CT molecular complexity index is 977. The molecule has 0 saturated heterocycles. The lowest BCUT2D eigenvalue weighted by Crippen LogP contribution is -2.16. The second-order valence-corrected chi connectivity index (χ2v) is 4.21. The first-order valence-corrected chi connectivity index (χ1v) is 5.79. The molecule has 0 aliphatic rings. The van der Waals surface area contributed by atoms with Gasteiger partial charge in [-0.1, -0.05) is 6.07 Å². The van der Waals surface area contributed by atoms with Gasteiger partial charge >= 0.3 is 17.9 Å². The molecular formula is C12H6N4O6. The third-order valence-electron chi connectivity index (χ3n) is 2.90. The Morgan fingerprint density at radius 1 is 0.909 bits per heavy atom. The van der Waals surface area contributed by atoms with Crippen LogP contribution in [0.15, 0.2) is 18.2 Å². The number of para-hydroxylation sites is 1. The van der Waals surface area contributed by atoms with E-state index in [4.69, 9.17) is 5.11 Å². The van der Waals surface area contributed by atoms with Crippen LogP contribution >= 0.6 is 0 Å². The quantitative estimate of drug-likeness (QED) is 0.622. The highest BCUT2D eigenvalue weighted by Crippen LogP contribution is 2.21. The molecule has 0 amide bonds. The second-order valence-electron chi connectivity index (χ2n) is 4.21. The molecule has 0 spiro atoms. The average molecular weight is 302 g/mol. The number of hydrogen-bond acceptors (Lipinski definition) is 6. The number of carbonyl (C=O) groups is 3. The fourth-order valence-corrected chi connectivity index (χ4v) is 2.07. The molecule has 3 rings (SSSR count). The van der Waals surface area contributed by atoms with Crippen LogP contribution in [0.25, 0.3) is 16.8 Å². The van der Waals surface area contributed by atoms with Crippen molar-refractivity contribution in [1.29, 1.82) is 0 Å². The van der Waals surface area contributed by atoms with Gasteiger partial charge in [0.1, 0.15) is 0 Å².